The van der Waals surface area contributed by atoms with Crippen molar-refractivity contribution in [3.8, 4) is 5.75 Å². The zero-order valence-corrected chi connectivity index (χ0v) is 19.2. The van der Waals surface area contributed by atoms with Gasteiger partial charge in [-0.3, -0.25) is 9.69 Å². The van der Waals surface area contributed by atoms with Gasteiger partial charge in [-0.1, -0.05) is 0 Å². The molecule has 0 radical (unpaired) electrons. The number of piperazine rings is 1. The van der Waals surface area contributed by atoms with Crippen LogP contribution in [0.3, 0.4) is 0 Å². The molecule has 0 spiro atoms. The molecule has 1 aromatic carbocycles. The van der Waals surface area contributed by atoms with Crippen LogP contribution < -0.4 is 26.0 Å². The first-order valence-corrected chi connectivity index (χ1v) is 12.2. The number of nitrogens with zero attached hydrogens (tertiary/aromatic N) is 4. The summed E-state index contributed by atoms with van der Waals surface area (Å²) in [7, 11) is 0. The van der Waals surface area contributed by atoms with E-state index in [1.807, 2.05) is 12.1 Å². The van der Waals surface area contributed by atoms with Crippen LogP contribution in [-0.2, 0) is 4.74 Å². The highest BCUT2D eigenvalue weighted by molar-refractivity contribution is 5.97. The van der Waals surface area contributed by atoms with Crippen molar-refractivity contribution in [2.45, 2.75) is 43.8 Å². The second kappa shape index (κ2) is 8.92. The molecule has 1 aliphatic carbocycles. The van der Waals surface area contributed by atoms with E-state index >= 15 is 0 Å². The number of carbonyl (C=O) groups is 1. The molecular weight excluding hydrogens is 434 g/mol. The molecule has 3 aliphatic heterocycles. The Kier molecular flexibility index (Phi) is 5.62. The smallest absolute Gasteiger partial charge is 0.254 e. The number of nitrogens with one attached hydrogen (secondary N) is 2. The van der Waals surface area contributed by atoms with Gasteiger partial charge >= 0.3 is 0 Å². The number of primary amides is 1. The third kappa shape index (κ3) is 4.35. The second-order valence-corrected chi connectivity index (χ2v) is 9.54. The van der Waals surface area contributed by atoms with Gasteiger partial charge in [-0.05, 0) is 37.8 Å². The van der Waals surface area contributed by atoms with Gasteiger partial charge in [-0.15, -0.1) is 0 Å². The largest absolute Gasteiger partial charge is 0.489 e. The molecule has 1 atom stereocenters. The number of hydrogen-bond donors (Lipinski definition) is 3. The summed E-state index contributed by atoms with van der Waals surface area (Å²) in [6, 6.07) is 7.46. The SMILES string of the molecule is NC(=O)c1cnc(Nc2ccc3c(c2)OC[C@@H]2CN(C4CCOCC4)CCN32)nc1NC1CC1. The van der Waals surface area contributed by atoms with Crippen molar-refractivity contribution in [1.29, 1.82) is 0 Å². The number of hydrogen-bond acceptors (Lipinski definition) is 9. The van der Waals surface area contributed by atoms with Gasteiger partial charge in [0.1, 0.15) is 18.2 Å². The molecule has 34 heavy (non-hydrogen) atoms. The highest BCUT2D eigenvalue weighted by Crippen LogP contribution is 2.38. The lowest BCUT2D eigenvalue weighted by Crippen LogP contribution is -2.59. The third-order valence-electron chi connectivity index (χ3n) is 7.15. The first kappa shape index (κ1) is 21.4. The molecule has 0 unspecified atom stereocenters. The van der Waals surface area contributed by atoms with E-state index in [1.54, 1.807) is 0 Å². The van der Waals surface area contributed by atoms with Crippen LogP contribution in [0.4, 0.5) is 23.1 Å². The Morgan fingerprint density at radius 3 is 2.76 bits per heavy atom. The Balaban J connectivity index is 1.16. The molecular formula is C24H31N7O3. The van der Waals surface area contributed by atoms with Crippen LogP contribution in [0.5, 0.6) is 5.75 Å². The van der Waals surface area contributed by atoms with Crippen molar-refractivity contribution in [2.75, 3.05) is 55.0 Å². The average molecular weight is 466 g/mol. The third-order valence-corrected chi connectivity index (χ3v) is 7.15. The Morgan fingerprint density at radius 2 is 1.97 bits per heavy atom. The number of benzene rings is 1. The summed E-state index contributed by atoms with van der Waals surface area (Å²) in [5, 5.41) is 6.51. The molecule has 4 N–H and O–H groups in total. The summed E-state index contributed by atoms with van der Waals surface area (Å²) < 4.78 is 11.7. The van der Waals surface area contributed by atoms with Crippen molar-refractivity contribution < 1.29 is 14.3 Å². The summed E-state index contributed by atoms with van der Waals surface area (Å²) in [6.07, 6.45) is 5.86. The number of rotatable bonds is 6. The summed E-state index contributed by atoms with van der Waals surface area (Å²) in [5.41, 5.74) is 7.76. The Morgan fingerprint density at radius 1 is 1.12 bits per heavy atom. The van der Waals surface area contributed by atoms with E-state index in [0.29, 0.717) is 42.1 Å². The topological polar surface area (TPSA) is 118 Å². The van der Waals surface area contributed by atoms with E-state index in [9.17, 15) is 4.79 Å². The van der Waals surface area contributed by atoms with Crippen LogP contribution in [0.25, 0.3) is 0 Å². The molecule has 10 heteroatoms. The Labute approximate surface area is 198 Å². The van der Waals surface area contributed by atoms with Gasteiger partial charge in [-0.25, -0.2) is 4.98 Å². The highest BCUT2D eigenvalue weighted by atomic mass is 16.5. The van der Waals surface area contributed by atoms with E-state index in [1.165, 1.54) is 6.20 Å². The zero-order valence-electron chi connectivity index (χ0n) is 19.2. The zero-order chi connectivity index (χ0) is 23.1. The van der Waals surface area contributed by atoms with Gasteiger partial charge in [0.25, 0.3) is 5.91 Å². The standard InChI is InChI=1S/C24H31N7O3/c25-22(32)19-12-26-24(29-23(19)27-15-1-2-15)28-16-3-4-20-21(11-16)34-14-18-13-30(7-8-31(18)20)17-5-9-33-10-6-17/h3-4,11-12,15,17-18H,1-2,5-10,13-14H2,(H2,25,32)(H2,26,27,28,29)/t18-/m0/s1. The van der Waals surface area contributed by atoms with E-state index in [4.69, 9.17) is 15.2 Å². The summed E-state index contributed by atoms with van der Waals surface area (Å²) in [5.74, 6) is 1.22. The molecule has 1 aromatic heterocycles. The van der Waals surface area contributed by atoms with Gasteiger partial charge in [-0.2, -0.15) is 4.98 Å². The van der Waals surface area contributed by atoms with Crippen molar-refractivity contribution in [1.82, 2.24) is 14.9 Å². The van der Waals surface area contributed by atoms with Gasteiger partial charge in [0.15, 0.2) is 0 Å². The lowest BCUT2D eigenvalue weighted by molar-refractivity contribution is 0.0231. The van der Waals surface area contributed by atoms with Crippen molar-refractivity contribution in [2.24, 2.45) is 5.73 Å². The molecule has 2 saturated heterocycles. The number of amides is 1. The van der Waals surface area contributed by atoms with Crippen LogP contribution in [-0.4, -0.2) is 78.4 Å². The molecule has 3 fully saturated rings. The molecule has 180 valence electrons. The van der Waals surface area contributed by atoms with Crippen LogP contribution in [0, 0.1) is 0 Å². The number of anilines is 4. The van der Waals surface area contributed by atoms with Crippen LogP contribution in [0.15, 0.2) is 24.4 Å². The number of aromatic nitrogens is 2. The van der Waals surface area contributed by atoms with E-state index < -0.39 is 5.91 Å². The van der Waals surface area contributed by atoms with E-state index in [0.717, 1.165) is 75.7 Å². The maximum atomic E-state index is 11.7. The van der Waals surface area contributed by atoms with Crippen LogP contribution in [0.2, 0.25) is 0 Å². The monoisotopic (exact) mass is 465 g/mol. The van der Waals surface area contributed by atoms with E-state index in [-0.39, 0.29) is 0 Å². The average Bonchev–Trinajstić information content (AvgIpc) is 3.68. The maximum Gasteiger partial charge on any atom is 0.254 e. The molecule has 4 heterocycles. The molecule has 1 saturated carbocycles. The molecule has 4 aliphatic rings. The predicted octanol–water partition coefficient (Wildman–Crippen LogP) is 1.96. The quantitative estimate of drug-likeness (QED) is 0.588. The van der Waals surface area contributed by atoms with Crippen molar-refractivity contribution in [3.63, 3.8) is 0 Å². The fraction of sp³-hybridized carbons (Fsp3) is 0.542. The summed E-state index contributed by atoms with van der Waals surface area (Å²) >= 11 is 0. The molecule has 2 aromatic rings. The molecule has 0 bridgehead atoms. The van der Waals surface area contributed by atoms with Crippen molar-refractivity contribution >= 4 is 29.0 Å². The Bertz CT molecular complexity index is 1070. The number of carbonyl (C=O) groups excluding carboxylic acids is 1. The van der Waals surface area contributed by atoms with Gasteiger partial charge < -0.3 is 30.7 Å². The van der Waals surface area contributed by atoms with Crippen molar-refractivity contribution in [3.05, 3.63) is 30.0 Å². The predicted molar refractivity (Wildman–Crippen MR) is 129 cm³/mol. The van der Waals surface area contributed by atoms with Gasteiger partial charge in [0.2, 0.25) is 5.95 Å². The normalized spacial score (nSPS) is 22.9. The lowest BCUT2D eigenvalue weighted by atomic mass is 10.0. The first-order chi connectivity index (χ1) is 16.6. The first-order valence-electron chi connectivity index (χ1n) is 12.2. The second-order valence-electron chi connectivity index (χ2n) is 9.54. The Hall–Kier alpha value is -3.11. The minimum Gasteiger partial charge on any atom is -0.489 e. The number of fused-ring (bicyclic) bond motifs is 3. The minimum absolute atomic E-state index is 0.303. The highest BCUT2D eigenvalue weighted by Gasteiger charge is 2.35. The number of nitrogens with two attached hydrogens (primary N) is 1. The molecule has 1 amide bonds. The minimum atomic E-state index is -0.539. The van der Waals surface area contributed by atoms with E-state index in [2.05, 4.69) is 36.5 Å². The summed E-state index contributed by atoms with van der Waals surface area (Å²) in [4.78, 5) is 25.6. The fourth-order valence-corrected chi connectivity index (χ4v) is 5.13. The summed E-state index contributed by atoms with van der Waals surface area (Å²) in [6.45, 7) is 5.52. The van der Waals surface area contributed by atoms with Crippen LogP contribution >= 0.6 is 0 Å². The van der Waals surface area contributed by atoms with Gasteiger partial charge in [0, 0.05) is 62.9 Å². The van der Waals surface area contributed by atoms with Gasteiger partial charge in [0.05, 0.1) is 17.3 Å². The fourth-order valence-electron chi connectivity index (χ4n) is 5.13. The maximum absolute atomic E-state index is 11.7. The molecule has 10 nitrogen and oxygen atoms in total. The lowest BCUT2D eigenvalue weighted by Gasteiger charge is -2.48. The number of ether oxygens (including phenoxy) is 2. The van der Waals surface area contributed by atoms with Crippen LogP contribution in [0.1, 0.15) is 36.0 Å². The molecule has 6 rings (SSSR count).